The fourth-order valence-corrected chi connectivity index (χ4v) is 2.84. The van der Waals surface area contributed by atoms with Crippen LogP contribution in [0.15, 0.2) is 41.5 Å². The first-order valence-corrected chi connectivity index (χ1v) is 7.97. The van der Waals surface area contributed by atoms with E-state index in [0.29, 0.717) is 16.7 Å². The predicted molar refractivity (Wildman–Crippen MR) is 92.8 cm³/mol. The first kappa shape index (κ1) is 16.9. The number of imidazole rings is 1. The molecule has 0 aliphatic rings. The molecular formula is C18H19FN4O2. The molecule has 0 unspecified atom stereocenters. The molecule has 6 nitrogen and oxygen atoms in total. The summed E-state index contributed by atoms with van der Waals surface area (Å²) in [6.07, 6.45) is 3.46. The van der Waals surface area contributed by atoms with E-state index in [-0.39, 0.29) is 17.5 Å². The van der Waals surface area contributed by atoms with Crippen molar-refractivity contribution in [1.29, 1.82) is 0 Å². The smallest absolute Gasteiger partial charge is 0.252 e. The molecule has 0 saturated carbocycles. The van der Waals surface area contributed by atoms with Crippen LogP contribution in [0.4, 0.5) is 4.39 Å². The lowest BCUT2D eigenvalue weighted by molar-refractivity contribution is 0.0924. The number of pyridine rings is 1. The average molecular weight is 342 g/mol. The van der Waals surface area contributed by atoms with Crippen LogP contribution in [0.3, 0.4) is 0 Å². The van der Waals surface area contributed by atoms with Gasteiger partial charge in [0.1, 0.15) is 11.6 Å². The lowest BCUT2D eigenvalue weighted by Gasteiger charge is -2.22. The van der Waals surface area contributed by atoms with Gasteiger partial charge in [0.2, 0.25) is 5.56 Å². The van der Waals surface area contributed by atoms with Crippen LogP contribution in [-0.2, 0) is 7.05 Å². The van der Waals surface area contributed by atoms with Crippen molar-refractivity contribution in [1.82, 2.24) is 19.9 Å². The number of hydrogen-bond donors (Lipinski definition) is 2. The molecule has 130 valence electrons. The van der Waals surface area contributed by atoms with Crippen molar-refractivity contribution >= 4 is 16.8 Å². The normalized spacial score (nSPS) is 12.5. The summed E-state index contributed by atoms with van der Waals surface area (Å²) in [4.78, 5) is 31.6. The van der Waals surface area contributed by atoms with Crippen LogP contribution >= 0.6 is 0 Å². The van der Waals surface area contributed by atoms with Gasteiger partial charge in [-0.3, -0.25) is 9.59 Å². The van der Waals surface area contributed by atoms with Gasteiger partial charge in [0.15, 0.2) is 0 Å². The number of fused-ring (bicyclic) bond motifs is 1. The molecule has 7 heteroatoms. The summed E-state index contributed by atoms with van der Waals surface area (Å²) < 4.78 is 15.4. The molecule has 3 aromatic rings. The highest BCUT2D eigenvalue weighted by Crippen LogP contribution is 2.22. The Morgan fingerprint density at radius 2 is 2.08 bits per heavy atom. The Kier molecular flexibility index (Phi) is 4.39. The molecule has 0 bridgehead atoms. The molecule has 2 N–H and O–H groups in total. The third-order valence-corrected chi connectivity index (χ3v) is 4.14. The number of benzene rings is 1. The van der Waals surface area contributed by atoms with Gasteiger partial charge in [0.25, 0.3) is 5.91 Å². The molecule has 2 aromatic heterocycles. The monoisotopic (exact) mass is 342 g/mol. The zero-order valence-electron chi connectivity index (χ0n) is 14.2. The Labute approximate surface area is 143 Å². The fraction of sp³-hybridized carbons (Fsp3) is 0.278. The van der Waals surface area contributed by atoms with E-state index in [9.17, 15) is 14.0 Å². The average Bonchev–Trinajstić information content (AvgIpc) is 2.97. The number of aryl methyl sites for hydroxylation is 1. The maximum atomic E-state index is 13.6. The van der Waals surface area contributed by atoms with Crippen LogP contribution in [-0.4, -0.2) is 20.4 Å². The molecule has 3 rings (SSSR count). The summed E-state index contributed by atoms with van der Waals surface area (Å²) >= 11 is 0. The molecule has 0 aliphatic heterocycles. The Hall–Kier alpha value is -2.96. The van der Waals surface area contributed by atoms with E-state index >= 15 is 0 Å². The summed E-state index contributed by atoms with van der Waals surface area (Å²) in [5.74, 6) is -0.125. The number of amides is 1. The number of aromatic amines is 1. The summed E-state index contributed by atoms with van der Waals surface area (Å²) in [7, 11) is 1.85. The first-order chi connectivity index (χ1) is 11.9. The minimum absolute atomic E-state index is 0.0787. The Balaban J connectivity index is 2.03. The molecule has 0 saturated heterocycles. The number of halogens is 1. The number of carbonyl (C=O) groups is 1. The highest BCUT2D eigenvalue weighted by Gasteiger charge is 2.23. The molecule has 1 amide bonds. The first-order valence-electron chi connectivity index (χ1n) is 7.97. The summed E-state index contributed by atoms with van der Waals surface area (Å²) in [5.41, 5.74) is 0.137. The second-order valence-electron chi connectivity index (χ2n) is 6.33. The van der Waals surface area contributed by atoms with Crippen molar-refractivity contribution in [3.05, 3.63) is 64.2 Å². The highest BCUT2D eigenvalue weighted by atomic mass is 19.1. The van der Waals surface area contributed by atoms with E-state index in [2.05, 4.69) is 15.3 Å². The zero-order chi connectivity index (χ0) is 18.1. The SMILES string of the molecule is CC(C)[C@@H](NC(=O)c1cc(=O)[nH]c2ccc(F)cc12)c1nccn1C. The molecular weight excluding hydrogens is 323 g/mol. The van der Waals surface area contributed by atoms with Crippen molar-refractivity contribution in [3.8, 4) is 0 Å². The highest BCUT2D eigenvalue weighted by molar-refractivity contribution is 6.06. The fourth-order valence-electron chi connectivity index (χ4n) is 2.84. The van der Waals surface area contributed by atoms with Gasteiger partial charge in [0, 0.05) is 36.4 Å². The number of rotatable bonds is 4. The molecule has 0 spiro atoms. The van der Waals surface area contributed by atoms with E-state index in [4.69, 9.17) is 0 Å². The predicted octanol–water partition coefficient (Wildman–Crippen LogP) is 2.53. The van der Waals surface area contributed by atoms with Gasteiger partial charge < -0.3 is 14.9 Å². The van der Waals surface area contributed by atoms with Gasteiger partial charge in [-0.1, -0.05) is 13.8 Å². The number of H-pyrrole nitrogens is 1. The molecule has 1 atom stereocenters. The quantitative estimate of drug-likeness (QED) is 0.765. The third-order valence-electron chi connectivity index (χ3n) is 4.14. The van der Waals surface area contributed by atoms with E-state index in [1.807, 2.05) is 25.5 Å². The van der Waals surface area contributed by atoms with Crippen molar-refractivity contribution in [2.24, 2.45) is 13.0 Å². The number of nitrogens with zero attached hydrogens (tertiary/aromatic N) is 2. The third kappa shape index (κ3) is 3.31. The second-order valence-corrected chi connectivity index (χ2v) is 6.33. The van der Waals surface area contributed by atoms with E-state index in [1.54, 1.807) is 12.4 Å². The van der Waals surface area contributed by atoms with Gasteiger partial charge in [-0.2, -0.15) is 0 Å². The van der Waals surface area contributed by atoms with Gasteiger partial charge in [0.05, 0.1) is 11.6 Å². The Morgan fingerprint density at radius 1 is 1.32 bits per heavy atom. The van der Waals surface area contributed by atoms with E-state index < -0.39 is 17.3 Å². The zero-order valence-corrected chi connectivity index (χ0v) is 14.2. The Bertz CT molecular complexity index is 990. The molecule has 0 radical (unpaired) electrons. The topological polar surface area (TPSA) is 79.8 Å². The van der Waals surface area contributed by atoms with Crippen LogP contribution in [0, 0.1) is 11.7 Å². The minimum Gasteiger partial charge on any atom is -0.342 e. The van der Waals surface area contributed by atoms with Gasteiger partial charge in [-0.25, -0.2) is 9.37 Å². The van der Waals surface area contributed by atoms with Crippen LogP contribution in [0.5, 0.6) is 0 Å². The molecule has 25 heavy (non-hydrogen) atoms. The second kappa shape index (κ2) is 6.51. The molecule has 1 aromatic carbocycles. The summed E-state index contributed by atoms with van der Waals surface area (Å²) in [6.45, 7) is 3.93. The number of nitrogens with one attached hydrogen (secondary N) is 2. The van der Waals surface area contributed by atoms with Crippen molar-refractivity contribution in [2.75, 3.05) is 0 Å². The summed E-state index contributed by atoms with van der Waals surface area (Å²) in [6, 6.07) is 4.78. The number of aromatic nitrogens is 3. The minimum atomic E-state index is -0.474. The van der Waals surface area contributed by atoms with Crippen molar-refractivity contribution in [2.45, 2.75) is 19.9 Å². The lowest BCUT2D eigenvalue weighted by atomic mass is 10.0. The van der Waals surface area contributed by atoms with Crippen LogP contribution < -0.4 is 10.9 Å². The van der Waals surface area contributed by atoms with Crippen molar-refractivity contribution < 1.29 is 9.18 Å². The van der Waals surface area contributed by atoms with E-state index in [0.717, 1.165) is 0 Å². The molecule has 0 fully saturated rings. The van der Waals surface area contributed by atoms with Gasteiger partial charge in [-0.05, 0) is 24.1 Å². The van der Waals surface area contributed by atoms with Crippen LogP contribution in [0.1, 0.15) is 36.1 Å². The van der Waals surface area contributed by atoms with Gasteiger partial charge in [-0.15, -0.1) is 0 Å². The maximum Gasteiger partial charge on any atom is 0.252 e. The van der Waals surface area contributed by atoms with Gasteiger partial charge >= 0.3 is 0 Å². The lowest BCUT2D eigenvalue weighted by Crippen LogP contribution is -2.34. The van der Waals surface area contributed by atoms with Crippen LogP contribution in [0.2, 0.25) is 0 Å². The maximum absolute atomic E-state index is 13.6. The standard InChI is InChI=1S/C18H19FN4O2/c1-10(2)16(17-20-6-7-23(17)3)22-18(25)13-9-15(24)21-14-5-4-11(19)8-12(13)14/h4-10,16H,1-3H3,(H,21,24)(H,22,25)/t16-/m1/s1. The number of hydrogen-bond acceptors (Lipinski definition) is 3. The van der Waals surface area contributed by atoms with E-state index in [1.165, 1.54) is 24.3 Å². The largest absolute Gasteiger partial charge is 0.342 e. The molecule has 0 aliphatic carbocycles. The Morgan fingerprint density at radius 3 is 2.72 bits per heavy atom. The molecule has 2 heterocycles. The van der Waals surface area contributed by atoms with Crippen LogP contribution in [0.25, 0.3) is 10.9 Å². The summed E-state index contributed by atoms with van der Waals surface area (Å²) in [5, 5.41) is 3.28. The number of carbonyl (C=O) groups excluding carboxylic acids is 1. The van der Waals surface area contributed by atoms with Crippen molar-refractivity contribution in [3.63, 3.8) is 0 Å².